The standard InChI is InChI=1S/C14H11ClN2O5S.H2O2/c1-9(18)16-10-2-4-11(5-3-10)23(21,22)12-6-7-14(17(19)20)13(15)8-12;1-2/h2-8H,1H3,(H,16,18);1-2H. The van der Waals surface area contributed by atoms with Gasteiger partial charge in [-0.05, 0) is 36.4 Å². The number of sulfone groups is 1. The van der Waals surface area contributed by atoms with Crippen LogP contribution in [0.5, 0.6) is 0 Å². The second-order valence-corrected chi connectivity index (χ2v) is 6.94. The summed E-state index contributed by atoms with van der Waals surface area (Å²) in [5, 5.41) is 25.0. The number of nitrogens with one attached hydrogen (secondary N) is 1. The van der Waals surface area contributed by atoms with Crippen LogP contribution >= 0.6 is 11.6 Å². The summed E-state index contributed by atoms with van der Waals surface area (Å²) < 4.78 is 25.0. The van der Waals surface area contributed by atoms with Crippen LogP contribution in [0.25, 0.3) is 0 Å². The van der Waals surface area contributed by atoms with Crippen molar-refractivity contribution >= 4 is 38.7 Å². The summed E-state index contributed by atoms with van der Waals surface area (Å²) in [7, 11) is -3.87. The fraction of sp³-hybridized carbons (Fsp3) is 0.0714. The topological polar surface area (TPSA) is 147 Å². The lowest BCUT2D eigenvalue weighted by molar-refractivity contribution is -0.384. The van der Waals surface area contributed by atoms with Gasteiger partial charge >= 0.3 is 0 Å². The van der Waals surface area contributed by atoms with Gasteiger partial charge in [-0.3, -0.25) is 25.4 Å². The maximum atomic E-state index is 12.5. The van der Waals surface area contributed by atoms with Crippen LogP contribution in [0.2, 0.25) is 5.02 Å². The molecule has 9 nitrogen and oxygen atoms in total. The van der Waals surface area contributed by atoms with Crippen LogP contribution < -0.4 is 5.32 Å². The molecule has 11 heteroatoms. The molecular weight excluding hydrogens is 376 g/mol. The van der Waals surface area contributed by atoms with Gasteiger partial charge in [0.15, 0.2) is 0 Å². The summed E-state index contributed by atoms with van der Waals surface area (Å²) >= 11 is 5.75. The van der Waals surface area contributed by atoms with Crippen molar-refractivity contribution in [3.8, 4) is 0 Å². The van der Waals surface area contributed by atoms with Crippen molar-refractivity contribution in [2.75, 3.05) is 5.32 Å². The highest BCUT2D eigenvalue weighted by Crippen LogP contribution is 2.30. The Morgan fingerprint density at radius 3 is 2.08 bits per heavy atom. The summed E-state index contributed by atoms with van der Waals surface area (Å²) in [5.74, 6) is -0.275. The highest BCUT2D eigenvalue weighted by Gasteiger charge is 2.21. The molecule has 2 rings (SSSR count). The molecule has 25 heavy (non-hydrogen) atoms. The number of nitrogens with zero attached hydrogens (tertiary/aromatic N) is 1. The Hall–Kier alpha value is -2.53. The van der Waals surface area contributed by atoms with E-state index in [4.69, 9.17) is 22.1 Å². The molecular formula is C14H13ClN2O7S. The van der Waals surface area contributed by atoms with Gasteiger partial charge in [-0.25, -0.2) is 8.42 Å². The Morgan fingerprint density at radius 1 is 1.12 bits per heavy atom. The van der Waals surface area contributed by atoms with Gasteiger partial charge in [0.2, 0.25) is 15.7 Å². The Balaban J connectivity index is 0.00000151. The maximum absolute atomic E-state index is 12.5. The van der Waals surface area contributed by atoms with E-state index in [-0.39, 0.29) is 26.4 Å². The van der Waals surface area contributed by atoms with Gasteiger partial charge in [0.1, 0.15) is 5.02 Å². The molecule has 0 radical (unpaired) electrons. The number of nitro groups is 1. The first-order chi connectivity index (χ1) is 11.7. The highest BCUT2D eigenvalue weighted by atomic mass is 35.5. The van der Waals surface area contributed by atoms with E-state index in [1.807, 2.05) is 0 Å². The summed E-state index contributed by atoms with van der Waals surface area (Å²) in [6, 6.07) is 8.76. The van der Waals surface area contributed by atoms with Crippen molar-refractivity contribution < 1.29 is 28.7 Å². The molecule has 0 atom stereocenters. The number of anilines is 1. The van der Waals surface area contributed by atoms with Crippen LogP contribution in [0.4, 0.5) is 11.4 Å². The van der Waals surface area contributed by atoms with Crippen LogP contribution in [0.3, 0.4) is 0 Å². The smallest absolute Gasteiger partial charge is 0.287 e. The highest BCUT2D eigenvalue weighted by molar-refractivity contribution is 7.91. The van der Waals surface area contributed by atoms with Crippen LogP contribution in [0, 0.1) is 10.1 Å². The number of carbonyl (C=O) groups excluding carboxylic acids is 1. The second-order valence-electron chi connectivity index (χ2n) is 4.58. The number of halogens is 1. The Labute approximate surface area is 147 Å². The van der Waals surface area contributed by atoms with Crippen molar-refractivity contribution in [3.05, 3.63) is 57.6 Å². The molecule has 0 saturated carbocycles. The fourth-order valence-electron chi connectivity index (χ4n) is 1.86. The summed E-state index contributed by atoms with van der Waals surface area (Å²) in [6.45, 7) is 1.34. The van der Waals surface area contributed by atoms with E-state index in [1.165, 1.54) is 31.2 Å². The molecule has 1 amide bonds. The molecule has 3 N–H and O–H groups in total. The van der Waals surface area contributed by atoms with Crippen LogP contribution in [0.15, 0.2) is 52.3 Å². The molecule has 0 bridgehead atoms. The average Bonchev–Trinajstić information content (AvgIpc) is 2.56. The average molecular weight is 389 g/mol. The molecule has 2 aromatic rings. The summed E-state index contributed by atoms with van der Waals surface area (Å²) in [6.07, 6.45) is 0. The van der Waals surface area contributed by atoms with E-state index in [2.05, 4.69) is 5.32 Å². The van der Waals surface area contributed by atoms with Gasteiger partial charge in [0.05, 0.1) is 14.7 Å². The zero-order valence-electron chi connectivity index (χ0n) is 12.7. The van der Waals surface area contributed by atoms with Crippen LogP contribution in [0.1, 0.15) is 6.92 Å². The maximum Gasteiger partial charge on any atom is 0.287 e. The van der Waals surface area contributed by atoms with E-state index in [0.29, 0.717) is 5.69 Å². The van der Waals surface area contributed by atoms with Gasteiger partial charge in [-0.15, -0.1) is 0 Å². The van der Waals surface area contributed by atoms with Gasteiger partial charge in [0, 0.05) is 18.7 Å². The third kappa shape index (κ3) is 4.97. The zero-order valence-corrected chi connectivity index (χ0v) is 14.3. The number of hydrogen-bond acceptors (Lipinski definition) is 7. The van der Waals surface area contributed by atoms with Gasteiger partial charge in [0.25, 0.3) is 5.69 Å². The first-order valence-corrected chi connectivity index (χ1v) is 8.34. The largest absolute Gasteiger partial charge is 0.326 e. The van der Waals surface area contributed by atoms with Crippen molar-refractivity contribution in [3.63, 3.8) is 0 Å². The van der Waals surface area contributed by atoms with E-state index in [9.17, 15) is 23.3 Å². The minimum absolute atomic E-state index is 0.0171. The van der Waals surface area contributed by atoms with Crippen molar-refractivity contribution in [1.29, 1.82) is 0 Å². The van der Waals surface area contributed by atoms with Gasteiger partial charge in [-0.2, -0.15) is 0 Å². The minimum atomic E-state index is -3.87. The van der Waals surface area contributed by atoms with Gasteiger partial charge < -0.3 is 5.32 Å². The third-order valence-corrected chi connectivity index (χ3v) is 4.98. The monoisotopic (exact) mass is 388 g/mol. The third-order valence-electron chi connectivity index (χ3n) is 2.91. The van der Waals surface area contributed by atoms with E-state index < -0.39 is 14.8 Å². The minimum Gasteiger partial charge on any atom is -0.326 e. The van der Waals surface area contributed by atoms with Crippen molar-refractivity contribution in [1.82, 2.24) is 0 Å². The Morgan fingerprint density at radius 2 is 1.64 bits per heavy atom. The molecule has 0 aliphatic heterocycles. The lowest BCUT2D eigenvalue weighted by Crippen LogP contribution is -2.06. The zero-order chi connectivity index (χ0) is 19.2. The first kappa shape index (κ1) is 20.5. The van der Waals surface area contributed by atoms with E-state index >= 15 is 0 Å². The molecule has 134 valence electrons. The molecule has 0 unspecified atom stereocenters. The molecule has 2 aromatic carbocycles. The first-order valence-electron chi connectivity index (χ1n) is 6.48. The molecule has 0 aliphatic carbocycles. The quantitative estimate of drug-likeness (QED) is 0.414. The number of nitro benzene ring substituents is 1. The summed E-state index contributed by atoms with van der Waals surface area (Å²) in [5.41, 5.74) is 0.0878. The Kier molecular flexibility index (Phi) is 7.00. The van der Waals surface area contributed by atoms with Crippen molar-refractivity contribution in [2.45, 2.75) is 16.7 Å². The molecule has 0 heterocycles. The molecule has 0 aromatic heterocycles. The number of carbonyl (C=O) groups is 1. The number of rotatable bonds is 4. The van der Waals surface area contributed by atoms with Crippen molar-refractivity contribution in [2.24, 2.45) is 0 Å². The number of benzene rings is 2. The Bertz CT molecular complexity index is 883. The molecule has 0 saturated heterocycles. The summed E-state index contributed by atoms with van der Waals surface area (Å²) in [4.78, 5) is 20.8. The lowest BCUT2D eigenvalue weighted by Gasteiger charge is -2.07. The predicted octanol–water partition coefficient (Wildman–Crippen LogP) is 3.06. The van der Waals surface area contributed by atoms with Crippen LogP contribution in [-0.2, 0) is 14.6 Å². The molecule has 0 spiro atoms. The number of amides is 1. The molecule has 0 aliphatic rings. The number of hydrogen-bond donors (Lipinski definition) is 3. The molecule has 0 fully saturated rings. The van der Waals surface area contributed by atoms with Gasteiger partial charge in [-0.1, -0.05) is 11.6 Å². The van der Waals surface area contributed by atoms with Crippen LogP contribution in [-0.4, -0.2) is 29.8 Å². The SMILES string of the molecule is CC(=O)Nc1ccc(S(=O)(=O)c2ccc([N+](=O)[O-])c(Cl)c2)cc1.OO. The normalized spacial score (nSPS) is 10.4. The second kappa shape index (κ2) is 8.53. The lowest BCUT2D eigenvalue weighted by atomic mass is 10.3. The van der Waals surface area contributed by atoms with E-state index in [0.717, 1.165) is 18.2 Å². The van der Waals surface area contributed by atoms with E-state index in [1.54, 1.807) is 0 Å². The fourth-order valence-corrected chi connectivity index (χ4v) is 3.46. The predicted molar refractivity (Wildman–Crippen MR) is 89.6 cm³/mol.